The van der Waals surface area contributed by atoms with E-state index in [0.717, 1.165) is 11.8 Å². The van der Waals surface area contributed by atoms with Crippen LogP contribution in [-0.4, -0.2) is 37.7 Å². The molecule has 8 nitrogen and oxygen atoms in total. The van der Waals surface area contributed by atoms with Gasteiger partial charge in [-0.2, -0.15) is 0 Å². The molecule has 0 aromatic heterocycles. The first-order valence-electron chi connectivity index (χ1n) is 6.88. The number of urea groups is 1. The largest absolute Gasteiger partial charge is 0.493 e. The third kappa shape index (κ3) is 5.70. The van der Waals surface area contributed by atoms with Crippen LogP contribution in [0.5, 0.6) is 0 Å². The maximum absolute atomic E-state index is 11.5. The molecule has 1 aliphatic rings. The molecule has 3 amide bonds. The van der Waals surface area contributed by atoms with Crippen LogP contribution in [0.2, 0.25) is 0 Å². The second-order valence-corrected chi connectivity index (χ2v) is 4.49. The molecule has 2 rings (SSSR count). The minimum absolute atomic E-state index is 0.113. The number of nitrogens with one attached hydrogen (secondary N) is 2. The molecule has 1 aromatic rings. The van der Waals surface area contributed by atoms with Gasteiger partial charge < -0.3 is 19.5 Å². The van der Waals surface area contributed by atoms with Crippen LogP contribution in [0.25, 0.3) is 0 Å². The Morgan fingerprint density at radius 3 is 2.61 bits per heavy atom. The summed E-state index contributed by atoms with van der Waals surface area (Å²) in [6, 6.07) is 8.54. The van der Waals surface area contributed by atoms with Gasteiger partial charge in [-0.05, 0) is 5.56 Å². The Bertz CT molecular complexity index is 599. The van der Waals surface area contributed by atoms with Crippen LogP contribution >= 0.6 is 0 Å². The Kier molecular flexibility index (Phi) is 5.98. The highest BCUT2D eigenvalue weighted by atomic mass is 16.6. The minimum atomic E-state index is -0.829. The van der Waals surface area contributed by atoms with Crippen molar-refractivity contribution in [3.8, 4) is 0 Å². The van der Waals surface area contributed by atoms with Crippen molar-refractivity contribution in [1.82, 2.24) is 10.6 Å². The van der Waals surface area contributed by atoms with Gasteiger partial charge >= 0.3 is 12.0 Å². The number of carbonyl (C=O) groups excluding carboxylic acids is 3. The number of hydrogen-bond acceptors (Lipinski definition) is 6. The van der Waals surface area contributed by atoms with Crippen molar-refractivity contribution < 1.29 is 28.6 Å². The molecular weight excluding hydrogens is 304 g/mol. The molecule has 23 heavy (non-hydrogen) atoms. The Balaban J connectivity index is 1.66. The fourth-order valence-corrected chi connectivity index (χ4v) is 1.66. The predicted octanol–water partition coefficient (Wildman–Crippen LogP) is 0.444. The SMILES string of the molecule is O=C(COC(=O)C1=COCCO1)NC(=O)NCc1ccccc1. The molecule has 1 aliphatic heterocycles. The standard InChI is InChI=1S/C15H16N2O6/c18-13(10-23-14(19)12-9-21-6-7-22-12)17-15(20)16-8-11-4-2-1-3-5-11/h1-5,9H,6-8,10H2,(H2,16,17,18,20). The van der Waals surface area contributed by atoms with Crippen LogP contribution in [0.4, 0.5) is 4.79 Å². The number of benzene rings is 1. The fourth-order valence-electron chi connectivity index (χ4n) is 1.66. The molecule has 0 radical (unpaired) electrons. The molecule has 0 aliphatic carbocycles. The average Bonchev–Trinajstić information content (AvgIpc) is 2.59. The van der Waals surface area contributed by atoms with E-state index in [1.165, 1.54) is 0 Å². The Morgan fingerprint density at radius 2 is 1.91 bits per heavy atom. The Morgan fingerprint density at radius 1 is 1.13 bits per heavy atom. The molecule has 1 aromatic carbocycles. The van der Waals surface area contributed by atoms with E-state index < -0.39 is 24.5 Å². The van der Waals surface area contributed by atoms with Crippen LogP contribution < -0.4 is 10.6 Å². The summed E-state index contributed by atoms with van der Waals surface area (Å²) in [5.74, 6) is -1.69. The van der Waals surface area contributed by atoms with Gasteiger partial charge in [-0.25, -0.2) is 9.59 Å². The molecule has 0 fully saturated rings. The molecule has 0 spiro atoms. The van der Waals surface area contributed by atoms with Gasteiger partial charge in [0.1, 0.15) is 19.5 Å². The van der Waals surface area contributed by atoms with Crippen LogP contribution in [-0.2, 0) is 30.3 Å². The molecule has 8 heteroatoms. The van der Waals surface area contributed by atoms with Crippen LogP contribution in [0.15, 0.2) is 42.4 Å². The molecule has 122 valence electrons. The number of imide groups is 1. The summed E-state index contributed by atoms with van der Waals surface area (Å²) in [6.07, 6.45) is 1.12. The van der Waals surface area contributed by atoms with Crippen molar-refractivity contribution in [1.29, 1.82) is 0 Å². The lowest BCUT2D eigenvalue weighted by atomic mass is 10.2. The molecule has 0 saturated heterocycles. The summed E-state index contributed by atoms with van der Waals surface area (Å²) in [5, 5.41) is 4.56. The molecular formula is C15H16N2O6. The monoisotopic (exact) mass is 320 g/mol. The quantitative estimate of drug-likeness (QED) is 0.763. The van der Waals surface area contributed by atoms with Gasteiger partial charge in [0.25, 0.3) is 5.91 Å². The highest BCUT2D eigenvalue weighted by molar-refractivity contribution is 5.96. The number of amides is 3. The van der Waals surface area contributed by atoms with Crippen molar-refractivity contribution >= 4 is 17.9 Å². The Labute approximate surface area is 132 Å². The highest BCUT2D eigenvalue weighted by Crippen LogP contribution is 2.05. The lowest BCUT2D eigenvalue weighted by Gasteiger charge is -2.14. The number of hydrogen-bond donors (Lipinski definition) is 2. The van der Waals surface area contributed by atoms with Crippen LogP contribution in [0, 0.1) is 0 Å². The molecule has 1 heterocycles. The summed E-state index contributed by atoms with van der Waals surface area (Å²) in [6.45, 7) is 0.254. The number of esters is 1. The first-order valence-corrected chi connectivity index (χ1v) is 6.88. The molecule has 2 N–H and O–H groups in total. The molecule has 0 saturated carbocycles. The fraction of sp³-hybridized carbons (Fsp3) is 0.267. The van der Waals surface area contributed by atoms with E-state index in [1.807, 2.05) is 30.3 Å². The number of carbonyl (C=O) groups is 3. The normalized spacial score (nSPS) is 13.0. The topological polar surface area (TPSA) is 103 Å². The van der Waals surface area contributed by atoms with E-state index in [1.54, 1.807) is 0 Å². The second-order valence-electron chi connectivity index (χ2n) is 4.49. The van der Waals surface area contributed by atoms with Crippen molar-refractivity contribution in [3.05, 3.63) is 47.9 Å². The zero-order valence-corrected chi connectivity index (χ0v) is 12.2. The Hall–Kier alpha value is -3.03. The van der Waals surface area contributed by atoms with E-state index in [9.17, 15) is 14.4 Å². The van der Waals surface area contributed by atoms with E-state index >= 15 is 0 Å². The lowest BCUT2D eigenvalue weighted by Crippen LogP contribution is -2.41. The van der Waals surface area contributed by atoms with Crippen LogP contribution in [0.3, 0.4) is 0 Å². The van der Waals surface area contributed by atoms with Gasteiger partial charge in [0.15, 0.2) is 6.61 Å². The van der Waals surface area contributed by atoms with Crippen molar-refractivity contribution in [2.24, 2.45) is 0 Å². The maximum atomic E-state index is 11.5. The number of rotatable bonds is 5. The lowest BCUT2D eigenvalue weighted by molar-refractivity contribution is -0.149. The van der Waals surface area contributed by atoms with Gasteiger partial charge in [0.2, 0.25) is 5.76 Å². The highest BCUT2D eigenvalue weighted by Gasteiger charge is 2.18. The third-order valence-electron chi connectivity index (χ3n) is 2.73. The minimum Gasteiger partial charge on any atom is -0.493 e. The van der Waals surface area contributed by atoms with E-state index in [2.05, 4.69) is 10.6 Å². The summed E-state index contributed by atoms with van der Waals surface area (Å²) in [5.41, 5.74) is 0.892. The predicted molar refractivity (Wildman–Crippen MR) is 77.8 cm³/mol. The van der Waals surface area contributed by atoms with Gasteiger partial charge in [-0.15, -0.1) is 0 Å². The smallest absolute Gasteiger partial charge is 0.377 e. The number of ether oxygens (including phenoxy) is 3. The van der Waals surface area contributed by atoms with Crippen molar-refractivity contribution in [3.63, 3.8) is 0 Å². The summed E-state index contributed by atoms with van der Waals surface area (Å²) < 4.78 is 14.6. The van der Waals surface area contributed by atoms with Gasteiger partial charge in [-0.3, -0.25) is 10.1 Å². The first kappa shape index (κ1) is 16.3. The van der Waals surface area contributed by atoms with Gasteiger partial charge in [0, 0.05) is 6.54 Å². The second kappa shape index (κ2) is 8.42. The summed E-state index contributed by atoms with van der Waals surface area (Å²) >= 11 is 0. The molecule has 0 bridgehead atoms. The first-order chi connectivity index (χ1) is 11.1. The average molecular weight is 320 g/mol. The maximum Gasteiger partial charge on any atom is 0.377 e. The third-order valence-corrected chi connectivity index (χ3v) is 2.73. The van der Waals surface area contributed by atoms with E-state index in [-0.39, 0.29) is 18.9 Å². The summed E-state index contributed by atoms with van der Waals surface area (Å²) in [4.78, 5) is 34.6. The van der Waals surface area contributed by atoms with E-state index in [4.69, 9.17) is 14.2 Å². The van der Waals surface area contributed by atoms with Crippen LogP contribution in [0.1, 0.15) is 5.56 Å². The van der Waals surface area contributed by atoms with Gasteiger partial charge in [-0.1, -0.05) is 30.3 Å². The molecule has 0 atom stereocenters. The van der Waals surface area contributed by atoms with Crippen molar-refractivity contribution in [2.75, 3.05) is 19.8 Å². The molecule has 0 unspecified atom stereocenters. The zero-order chi connectivity index (χ0) is 16.5. The summed E-state index contributed by atoms with van der Waals surface area (Å²) in [7, 11) is 0. The van der Waals surface area contributed by atoms with E-state index in [0.29, 0.717) is 6.61 Å². The zero-order valence-electron chi connectivity index (χ0n) is 12.2. The van der Waals surface area contributed by atoms with Gasteiger partial charge in [0.05, 0.1) is 0 Å². The van der Waals surface area contributed by atoms with Crippen molar-refractivity contribution in [2.45, 2.75) is 6.54 Å².